The lowest BCUT2D eigenvalue weighted by molar-refractivity contribution is 0.138. The summed E-state index contributed by atoms with van der Waals surface area (Å²) in [4.78, 5) is 10.1. The molecule has 0 aliphatic heterocycles. The standard InChI is InChI=1S/C22H19O4P/c23-27(24,25-15-19-11-5-9-17-7-1-3-13-21(17)19)26-16-20-12-6-10-18-8-2-4-14-22(18)20/h1-14H,15-16H2,(H,23,24). The Bertz CT molecular complexity index is 1040. The van der Waals surface area contributed by atoms with Crippen LogP contribution in [0.1, 0.15) is 11.1 Å². The molecule has 0 atom stereocenters. The molecule has 0 spiro atoms. The van der Waals surface area contributed by atoms with Crippen molar-refractivity contribution in [2.24, 2.45) is 0 Å². The van der Waals surface area contributed by atoms with Gasteiger partial charge >= 0.3 is 7.82 Å². The van der Waals surface area contributed by atoms with Gasteiger partial charge in [-0.15, -0.1) is 0 Å². The molecule has 136 valence electrons. The molecule has 0 heterocycles. The fourth-order valence-electron chi connectivity index (χ4n) is 3.18. The van der Waals surface area contributed by atoms with Gasteiger partial charge in [0.2, 0.25) is 0 Å². The third-order valence-electron chi connectivity index (χ3n) is 4.53. The molecule has 0 aliphatic rings. The van der Waals surface area contributed by atoms with Crippen molar-refractivity contribution in [2.75, 3.05) is 0 Å². The first kappa shape index (κ1) is 17.9. The number of fused-ring (bicyclic) bond motifs is 2. The summed E-state index contributed by atoms with van der Waals surface area (Å²) in [6.45, 7) is 0.00926. The smallest absolute Gasteiger partial charge is 0.302 e. The maximum atomic E-state index is 12.3. The zero-order chi connectivity index (χ0) is 18.7. The van der Waals surface area contributed by atoms with E-state index in [1.165, 1.54) is 0 Å². The largest absolute Gasteiger partial charge is 0.472 e. The van der Waals surface area contributed by atoms with Crippen molar-refractivity contribution in [3.05, 3.63) is 96.1 Å². The number of phosphoric ester groups is 1. The van der Waals surface area contributed by atoms with E-state index >= 15 is 0 Å². The maximum Gasteiger partial charge on any atom is 0.472 e. The molecule has 0 radical (unpaired) electrons. The molecule has 4 aromatic rings. The molecular formula is C22H19O4P. The third-order valence-corrected chi connectivity index (χ3v) is 5.44. The SMILES string of the molecule is O=P(O)(OCc1cccc2ccccc12)OCc1cccc2ccccc12. The van der Waals surface area contributed by atoms with Gasteiger partial charge in [0.15, 0.2) is 0 Å². The monoisotopic (exact) mass is 378 g/mol. The second-order valence-electron chi connectivity index (χ2n) is 6.29. The molecule has 0 amide bonds. The topological polar surface area (TPSA) is 55.8 Å². The van der Waals surface area contributed by atoms with Gasteiger partial charge < -0.3 is 4.89 Å². The van der Waals surface area contributed by atoms with Gasteiger partial charge in [-0.2, -0.15) is 0 Å². The molecule has 4 nitrogen and oxygen atoms in total. The fourth-order valence-corrected chi connectivity index (χ4v) is 3.86. The number of benzene rings is 4. The van der Waals surface area contributed by atoms with Crippen molar-refractivity contribution in [2.45, 2.75) is 13.2 Å². The zero-order valence-corrected chi connectivity index (χ0v) is 15.5. The molecule has 4 aromatic carbocycles. The molecule has 0 saturated heterocycles. The van der Waals surface area contributed by atoms with Gasteiger partial charge in [-0.25, -0.2) is 4.57 Å². The van der Waals surface area contributed by atoms with Crippen molar-refractivity contribution < 1.29 is 18.5 Å². The third kappa shape index (κ3) is 4.10. The maximum absolute atomic E-state index is 12.3. The minimum atomic E-state index is -4.18. The molecule has 4 rings (SSSR count). The van der Waals surface area contributed by atoms with E-state index in [4.69, 9.17) is 9.05 Å². The summed E-state index contributed by atoms with van der Waals surface area (Å²) in [5, 5.41) is 4.11. The molecule has 5 heteroatoms. The van der Waals surface area contributed by atoms with E-state index in [0.717, 1.165) is 32.7 Å². The van der Waals surface area contributed by atoms with E-state index in [1.807, 2.05) is 84.9 Å². The van der Waals surface area contributed by atoms with Crippen molar-refractivity contribution in [3.8, 4) is 0 Å². The Labute approximate surface area is 157 Å². The Morgan fingerprint density at radius 1 is 0.630 bits per heavy atom. The van der Waals surface area contributed by atoms with Crippen LogP contribution in [0.25, 0.3) is 21.5 Å². The lowest BCUT2D eigenvalue weighted by Crippen LogP contribution is -1.98. The Morgan fingerprint density at radius 3 is 1.52 bits per heavy atom. The van der Waals surface area contributed by atoms with Crippen LogP contribution in [0.15, 0.2) is 84.9 Å². The van der Waals surface area contributed by atoms with Crippen LogP contribution in [0, 0.1) is 0 Å². The number of hydrogen-bond donors (Lipinski definition) is 1. The molecule has 1 N–H and O–H groups in total. The van der Waals surface area contributed by atoms with E-state index < -0.39 is 7.82 Å². The summed E-state index contributed by atoms with van der Waals surface area (Å²) in [7, 11) is -4.18. The van der Waals surface area contributed by atoms with Gasteiger partial charge in [0.1, 0.15) is 0 Å². The molecule has 0 saturated carbocycles. The Kier molecular flexibility index (Phi) is 5.06. The minimum absolute atomic E-state index is 0.00463. The van der Waals surface area contributed by atoms with Crippen LogP contribution in [0.4, 0.5) is 0 Å². The zero-order valence-electron chi connectivity index (χ0n) is 14.6. The van der Waals surface area contributed by atoms with Crippen LogP contribution in [0.3, 0.4) is 0 Å². The lowest BCUT2D eigenvalue weighted by atomic mass is 10.1. The van der Waals surface area contributed by atoms with Crippen LogP contribution in [0.5, 0.6) is 0 Å². The van der Waals surface area contributed by atoms with Crippen LogP contribution in [-0.2, 0) is 26.8 Å². The number of phosphoric acid groups is 1. The molecule has 0 unspecified atom stereocenters. The first-order chi connectivity index (χ1) is 13.1. The fraction of sp³-hybridized carbons (Fsp3) is 0.0909. The van der Waals surface area contributed by atoms with Crippen molar-refractivity contribution in [1.82, 2.24) is 0 Å². The predicted octanol–water partition coefficient (Wildman–Crippen LogP) is 5.83. The Morgan fingerprint density at radius 2 is 1.04 bits per heavy atom. The highest BCUT2D eigenvalue weighted by atomic mass is 31.2. The van der Waals surface area contributed by atoms with E-state index in [9.17, 15) is 9.46 Å². The Hall–Kier alpha value is -2.49. The first-order valence-electron chi connectivity index (χ1n) is 8.67. The minimum Gasteiger partial charge on any atom is -0.302 e. The van der Waals surface area contributed by atoms with Gasteiger partial charge in [-0.1, -0.05) is 84.9 Å². The summed E-state index contributed by atoms with van der Waals surface area (Å²) < 4.78 is 22.8. The molecule has 27 heavy (non-hydrogen) atoms. The molecule has 0 aliphatic carbocycles. The second-order valence-corrected chi connectivity index (χ2v) is 7.75. The van der Waals surface area contributed by atoms with Gasteiger partial charge in [0, 0.05) is 0 Å². The van der Waals surface area contributed by atoms with E-state index in [1.54, 1.807) is 0 Å². The van der Waals surface area contributed by atoms with Crippen LogP contribution in [-0.4, -0.2) is 4.89 Å². The lowest BCUT2D eigenvalue weighted by Gasteiger charge is -2.14. The summed E-state index contributed by atoms with van der Waals surface area (Å²) in [6.07, 6.45) is 0. The van der Waals surface area contributed by atoms with Gasteiger partial charge in [0.25, 0.3) is 0 Å². The first-order valence-corrected chi connectivity index (χ1v) is 10.2. The Balaban J connectivity index is 1.46. The van der Waals surface area contributed by atoms with E-state index in [-0.39, 0.29) is 13.2 Å². The highest BCUT2D eigenvalue weighted by molar-refractivity contribution is 7.47. The van der Waals surface area contributed by atoms with Crippen molar-refractivity contribution >= 4 is 29.4 Å². The van der Waals surface area contributed by atoms with E-state index in [2.05, 4.69) is 0 Å². The van der Waals surface area contributed by atoms with Gasteiger partial charge in [0.05, 0.1) is 13.2 Å². The molecular weight excluding hydrogens is 359 g/mol. The van der Waals surface area contributed by atoms with Crippen LogP contribution < -0.4 is 0 Å². The van der Waals surface area contributed by atoms with Crippen molar-refractivity contribution in [1.29, 1.82) is 0 Å². The molecule has 0 fully saturated rings. The van der Waals surface area contributed by atoms with Crippen molar-refractivity contribution in [3.63, 3.8) is 0 Å². The highest BCUT2D eigenvalue weighted by Gasteiger charge is 2.22. The highest BCUT2D eigenvalue weighted by Crippen LogP contribution is 2.45. The summed E-state index contributed by atoms with van der Waals surface area (Å²) in [5.74, 6) is 0. The average molecular weight is 378 g/mol. The predicted molar refractivity (Wildman–Crippen MR) is 107 cm³/mol. The summed E-state index contributed by atoms with van der Waals surface area (Å²) in [5.41, 5.74) is 1.69. The van der Waals surface area contributed by atoms with Crippen LogP contribution in [0.2, 0.25) is 0 Å². The number of hydrogen-bond acceptors (Lipinski definition) is 3. The van der Waals surface area contributed by atoms with Gasteiger partial charge in [-0.3, -0.25) is 9.05 Å². The van der Waals surface area contributed by atoms with Gasteiger partial charge in [-0.05, 0) is 32.7 Å². The van der Waals surface area contributed by atoms with E-state index in [0.29, 0.717) is 0 Å². The summed E-state index contributed by atoms with van der Waals surface area (Å²) >= 11 is 0. The number of rotatable bonds is 6. The molecule has 0 bridgehead atoms. The summed E-state index contributed by atoms with van der Waals surface area (Å²) in [6, 6.07) is 27.3. The molecule has 0 aromatic heterocycles. The van der Waals surface area contributed by atoms with Crippen LogP contribution >= 0.6 is 7.82 Å². The second kappa shape index (κ2) is 7.63. The quantitative estimate of drug-likeness (QED) is 0.429. The average Bonchev–Trinajstić information content (AvgIpc) is 2.71. The normalized spacial score (nSPS) is 11.9.